The van der Waals surface area contributed by atoms with Gasteiger partial charge in [0.15, 0.2) is 16.4 Å². The van der Waals surface area contributed by atoms with Crippen LogP contribution >= 0.6 is 0 Å². The van der Waals surface area contributed by atoms with Crippen molar-refractivity contribution >= 4 is 28.1 Å². The number of hydrogen-bond donors (Lipinski definition) is 1. The summed E-state index contributed by atoms with van der Waals surface area (Å²) in [6, 6.07) is 9.02. The fraction of sp³-hybridized carbons (Fsp3) is 0.176. The Bertz CT molecular complexity index is 1040. The largest absolute Gasteiger partial charge is 0.490 e. The quantitative estimate of drug-likeness (QED) is 0.295. The number of para-hydroxylation sites is 1. The van der Waals surface area contributed by atoms with E-state index in [0.29, 0.717) is 5.56 Å². The Labute approximate surface area is 166 Å². The van der Waals surface area contributed by atoms with Crippen molar-refractivity contribution in [1.82, 2.24) is 5.43 Å². The van der Waals surface area contributed by atoms with Gasteiger partial charge >= 0.3 is 16.2 Å². The SMILES string of the molecule is CCOc1cc(/C=N/NC(=O)OC)ccc1OS(=O)(=O)c1ccccc1[N+](=O)[O-]. The van der Waals surface area contributed by atoms with Gasteiger partial charge in [-0.25, -0.2) is 10.2 Å². The molecule has 0 heterocycles. The van der Waals surface area contributed by atoms with Gasteiger partial charge in [-0.05, 0) is 36.8 Å². The van der Waals surface area contributed by atoms with Crippen molar-refractivity contribution in [3.05, 3.63) is 58.1 Å². The topological polar surface area (TPSA) is 146 Å². The highest BCUT2D eigenvalue weighted by Crippen LogP contribution is 2.33. The van der Waals surface area contributed by atoms with Crippen LogP contribution in [0.25, 0.3) is 0 Å². The van der Waals surface area contributed by atoms with E-state index in [1.165, 1.54) is 43.7 Å². The van der Waals surface area contributed by atoms with Crippen LogP contribution in [-0.4, -0.2) is 39.4 Å². The van der Waals surface area contributed by atoms with Crippen LogP contribution < -0.4 is 14.3 Å². The van der Waals surface area contributed by atoms with Crippen LogP contribution in [0.5, 0.6) is 11.5 Å². The van der Waals surface area contributed by atoms with Gasteiger partial charge in [0.05, 0.1) is 24.9 Å². The molecule has 0 aliphatic rings. The number of benzene rings is 2. The Hall–Kier alpha value is -3.67. The third-order valence-corrected chi connectivity index (χ3v) is 4.64. The smallest absolute Gasteiger partial charge is 0.427 e. The molecule has 12 heteroatoms. The van der Waals surface area contributed by atoms with Crippen LogP contribution in [0, 0.1) is 10.1 Å². The maximum Gasteiger partial charge on any atom is 0.427 e. The molecule has 154 valence electrons. The maximum absolute atomic E-state index is 12.6. The molecule has 29 heavy (non-hydrogen) atoms. The van der Waals surface area contributed by atoms with Crippen molar-refractivity contribution in [1.29, 1.82) is 0 Å². The van der Waals surface area contributed by atoms with Gasteiger partial charge in [-0.15, -0.1) is 0 Å². The first-order valence-corrected chi connectivity index (χ1v) is 9.51. The Balaban J connectivity index is 2.34. The molecular formula is C17H17N3O8S. The van der Waals surface area contributed by atoms with E-state index in [4.69, 9.17) is 8.92 Å². The third-order valence-electron chi connectivity index (χ3n) is 3.35. The lowest BCUT2D eigenvalue weighted by Gasteiger charge is -2.12. The number of nitrogens with one attached hydrogen (secondary N) is 1. The zero-order chi connectivity index (χ0) is 21.4. The maximum atomic E-state index is 12.6. The molecule has 1 N–H and O–H groups in total. The molecule has 0 saturated heterocycles. The minimum atomic E-state index is -4.50. The van der Waals surface area contributed by atoms with E-state index in [-0.39, 0.29) is 18.1 Å². The van der Waals surface area contributed by atoms with E-state index >= 15 is 0 Å². The minimum absolute atomic E-state index is 0.0664. The molecule has 0 bridgehead atoms. The molecule has 2 aromatic rings. The number of amides is 1. The van der Waals surface area contributed by atoms with Crippen molar-refractivity contribution in [2.24, 2.45) is 5.10 Å². The average molecular weight is 423 g/mol. The number of nitro groups is 1. The summed E-state index contributed by atoms with van der Waals surface area (Å²) in [5, 5.41) is 14.8. The molecule has 0 aromatic heterocycles. The highest BCUT2D eigenvalue weighted by molar-refractivity contribution is 7.87. The second kappa shape index (κ2) is 9.50. The van der Waals surface area contributed by atoms with Crippen molar-refractivity contribution in [3.8, 4) is 11.5 Å². The summed E-state index contributed by atoms with van der Waals surface area (Å²) >= 11 is 0. The van der Waals surface area contributed by atoms with Gasteiger partial charge in [-0.1, -0.05) is 12.1 Å². The molecule has 0 radical (unpaired) electrons. The normalized spacial score (nSPS) is 11.1. The fourth-order valence-electron chi connectivity index (χ4n) is 2.13. The molecule has 0 atom stereocenters. The van der Waals surface area contributed by atoms with Crippen LogP contribution in [0.15, 0.2) is 52.5 Å². The van der Waals surface area contributed by atoms with Crippen molar-refractivity contribution in [2.45, 2.75) is 11.8 Å². The lowest BCUT2D eigenvalue weighted by molar-refractivity contribution is -0.387. The molecule has 0 unspecified atom stereocenters. The van der Waals surface area contributed by atoms with Gasteiger partial charge in [0.1, 0.15) is 0 Å². The average Bonchev–Trinajstić information content (AvgIpc) is 2.69. The second-order valence-electron chi connectivity index (χ2n) is 5.26. The summed E-state index contributed by atoms with van der Waals surface area (Å²) in [6.07, 6.45) is 0.515. The van der Waals surface area contributed by atoms with Gasteiger partial charge in [0, 0.05) is 6.07 Å². The number of methoxy groups -OCH3 is 1. The zero-order valence-electron chi connectivity index (χ0n) is 15.4. The van der Waals surface area contributed by atoms with E-state index in [9.17, 15) is 23.3 Å². The molecule has 0 aliphatic heterocycles. The highest BCUT2D eigenvalue weighted by Gasteiger charge is 2.28. The predicted molar refractivity (Wildman–Crippen MR) is 102 cm³/mol. The molecule has 2 rings (SSSR count). The number of hydrazone groups is 1. The number of nitro benzene ring substituents is 1. The number of rotatable bonds is 8. The summed E-state index contributed by atoms with van der Waals surface area (Å²) in [7, 11) is -3.32. The summed E-state index contributed by atoms with van der Waals surface area (Å²) in [5.41, 5.74) is 1.95. The highest BCUT2D eigenvalue weighted by atomic mass is 32.2. The predicted octanol–water partition coefficient (Wildman–Crippen LogP) is 2.45. The summed E-state index contributed by atoms with van der Waals surface area (Å²) in [6.45, 7) is 1.88. The van der Waals surface area contributed by atoms with Crippen LogP contribution in [-0.2, 0) is 14.9 Å². The summed E-state index contributed by atoms with van der Waals surface area (Å²) in [4.78, 5) is 20.7. The lowest BCUT2D eigenvalue weighted by atomic mass is 10.2. The first-order chi connectivity index (χ1) is 13.8. The Morgan fingerprint density at radius 2 is 1.97 bits per heavy atom. The molecule has 0 spiro atoms. The molecule has 0 saturated carbocycles. The molecule has 1 amide bonds. The molecule has 0 aliphatic carbocycles. The van der Waals surface area contributed by atoms with E-state index in [1.807, 2.05) is 0 Å². The molecule has 2 aromatic carbocycles. The molecular weight excluding hydrogens is 406 g/mol. The number of nitrogens with zero attached hydrogens (tertiary/aromatic N) is 2. The number of hydrogen-bond acceptors (Lipinski definition) is 9. The Morgan fingerprint density at radius 3 is 2.62 bits per heavy atom. The van der Waals surface area contributed by atoms with Crippen molar-refractivity contribution < 1.29 is 31.8 Å². The van der Waals surface area contributed by atoms with Crippen LogP contribution in [0.1, 0.15) is 12.5 Å². The molecule has 11 nitrogen and oxygen atoms in total. The first kappa shape index (κ1) is 21.6. The standard InChI is InChI=1S/C17H17N3O8S/c1-3-27-15-10-12(11-18-19-17(21)26-2)8-9-14(15)28-29(24,25)16-7-5-4-6-13(16)20(22)23/h4-11H,3H2,1-2H3,(H,19,21)/b18-11+. The van der Waals surface area contributed by atoms with Gasteiger partial charge in [0.2, 0.25) is 0 Å². The summed E-state index contributed by atoms with van der Waals surface area (Å²) < 4.78 is 40.0. The number of carbonyl (C=O) groups is 1. The van der Waals surface area contributed by atoms with E-state index in [1.54, 1.807) is 6.92 Å². The van der Waals surface area contributed by atoms with E-state index in [0.717, 1.165) is 12.1 Å². The van der Waals surface area contributed by atoms with Crippen LogP contribution in [0.3, 0.4) is 0 Å². The van der Waals surface area contributed by atoms with Crippen molar-refractivity contribution in [2.75, 3.05) is 13.7 Å². The fourth-order valence-corrected chi connectivity index (χ4v) is 3.24. The minimum Gasteiger partial charge on any atom is -0.490 e. The monoisotopic (exact) mass is 423 g/mol. The molecule has 0 fully saturated rings. The lowest BCUT2D eigenvalue weighted by Crippen LogP contribution is -2.16. The van der Waals surface area contributed by atoms with Gasteiger partial charge < -0.3 is 13.7 Å². The van der Waals surface area contributed by atoms with Gasteiger partial charge in [-0.3, -0.25) is 10.1 Å². The Kier molecular flexibility index (Phi) is 7.09. The van der Waals surface area contributed by atoms with Gasteiger partial charge in [-0.2, -0.15) is 13.5 Å². The van der Waals surface area contributed by atoms with Crippen LogP contribution in [0.4, 0.5) is 10.5 Å². The van der Waals surface area contributed by atoms with Gasteiger partial charge in [0.25, 0.3) is 5.69 Å². The number of ether oxygens (including phenoxy) is 2. The van der Waals surface area contributed by atoms with Crippen LogP contribution in [0.2, 0.25) is 0 Å². The van der Waals surface area contributed by atoms with E-state index < -0.39 is 31.7 Å². The first-order valence-electron chi connectivity index (χ1n) is 8.10. The van der Waals surface area contributed by atoms with E-state index in [2.05, 4.69) is 15.3 Å². The van der Waals surface area contributed by atoms with Crippen molar-refractivity contribution in [3.63, 3.8) is 0 Å². The zero-order valence-corrected chi connectivity index (χ0v) is 16.2. The summed E-state index contributed by atoms with van der Waals surface area (Å²) in [5.74, 6) is -0.0974. The Morgan fingerprint density at radius 1 is 1.24 bits per heavy atom. The number of carbonyl (C=O) groups excluding carboxylic acids is 1. The second-order valence-corrected chi connectivity index (χ2v) is 6.78. The third kappa shape index (κ3) is 5.65.